The van der Waals surface area contributed by atoms with Gasteiger partial charge in [0.1, 0.15) is 0 Å². The van der Waals surface area contributed by atoms with Crippen molar-refractivity contribution in [2.45, 2.75) is 12.1 Å². The van der Waals surface area contributed by atoms with E-state index in [1.54, 1.807) is 0 Å². The van der Waals surface area contributed by atoms with E-state index in [1.165, 1.54) is 11.8 Å². The fourth-order valence-electron chi connectivity index (χ4n) is 2.02. The molecule has 0 saturated carbocycles. The molecule has 0 unspecified atom stereocenters. The van der Waals surface area contributed by atoms with Crippen LogP contribution in [0.15, 0.2) is 61.0 Å². The van der Waals surface area contributed by atoms with E-state index in [2.05, 4.69) is 47.4 Å². The molecule has 0 saturated heterocycles. The summed E-state index contributed by atoms with van der Waals surface area (Å²) in [5.74, 6) is 0.492. The maximum Gasteiger partial charge on any atom is 0.277 e. The van der Waals surface area contributed by atoms with Gasteiger partial charge in [0.25, 0.3) is 5.22 Å². The second-order valence-corrected chi connectivity index (χ2v) is 7.88. The number of anilines is 1. The molecule has 1 heterocycles. The number of hydrogen-bond donors (Lipinski definition) is 1. The molecule has 0 aliphatic carbocycles. The highest BCUT2D eigenvalue weighted by Crippen LogP contribution is 2.25. The zero-order valence-electron chi connectivity index (χ0n) is 13.1. The van der Waals surface area contributed by atoms with Gasteiger partial charge in [-0.15, -0.1) is 10.2 Å². The average molecular weight is 483 g/mol. The maximum absolute atomic E-state index is 12.1. The molecule has 1 aromatic heterocycles. The summed E-state index contributed by atoms with van der Waals surface area (Å²) in [4.78, 5) is 12.1. The lowest BCUT2D eigenvalue weighted by atomic mass is 10.2. The van der Waals surface area contributed by atoms with E-state index in [0.717, 1.165) is 25.8 Å². The molecule has 5 nitrogen and oxygen atoms in total. The van der Waals surface area contributed by atoms with E-state index < -0.39 is 0 Å². The summed E-state index contributed by atoms with van der Waals surface area (Å²) in [5, 5.41) is 11.2. The minimum atomic E-state index is -0.130. The summed E-state index contributed by atoms with van der Waals surface area (Å²) in [5.41, 5.74) is 2.64. The van der Waals surface area contributed by atoms with Gasteiger partial charge in [0.2, 0.25) is 11.8 Å². The van der Waals surface area contributed by atoms with Crippen LogP contribution in [0.5, 0.6) is 0 Å². The molecule has 128 valence electrons. The molecular formula is C17H13Br2N3O2S. The summed E-state index contributed by atoms with van der Waals surface area (Å²) in [7, 11) is 0. The van der Waals surface area contributed by atoms with Crippen LogP contribution in [0.1, 0.15) is 5.56 Å². The van der Waals surface area contributed by atoms with Crippen LogP contribution in [0.2, 0.25) is 0 Å². The maximum atomic E-state index is 12.1. The third kappa shape index (κ3) is 4.93. The highest BCUT2D eigenvalue weighted by molar-refractivity contribution is 9.10. The first-order valence-electron chi connectivity index (χ1n) is 7.29. The summed E-state index contributed by atoms with van der Waals surface area (Å²) in [6.07, 6.45) is 0. The number of carbonyl (C=O) groups is 1. The molecule has 0 spiro atoms. The van der Waals surface area contributed by atoms with Crippen LogP contribution in [0.3, 0.4) is 0 Å². The first-order valence-corrected chi connectivity index (χ1v) is 9.86. The monoisotopic (exact) mass is 481 g/mol. The fourth-order valence-corrected chi connectivity index (χ4v) is 3.10. The number of halogens is 2. The van der Waals surface area contributed by atoms with Gasteiger partial charge in [0, 0.05) is 20.2 Å². The minimum absolute atomic E-state index is 0.130. The molecule has 0 atom stereocenters. The van der Waals surface area contributed by atoms with Crippen LogP contribution in [0, 0.1) is 6.92 Å². The third-order valence-corrected chi connectivity index (χ3v) is 5.50. The third-order valence-electron chi connectivity index (χ3n) is 3.27. The Bertz CT molecular complexity index is 897. The van der Waals surface area contributed by atoms with Crippen LogP contribution >= 0.6 is 43.6 Å². The lowest BCUT2D eigenvalue weighted by Crippen LogP contribution is -2.14. The quantitative estimate of drug-likeness (QED) is 0.499. The van der Waals surface area contributed by atoms with Gasteiger partial charge in [-0.3, -0.25) is 4.79 Å². The Hall–Kier alpha value is -1.64. The number of nitrogens with zero attached hydrogens (tertiary/aromatic N) is 2. The van der Waals surface area contributed by atoms with Crippen LogP contribution < -0.4 is 5.32 Å². The van der Waals surface area contributed by atoms with Crippen LogP contribution in [0.4, 0.5) is 5.69 Å². The number of thioether (sulfide) groups is 1. The minimum Gasteiger partial charge on any atom is -0.411 e. The molecule has 3 rings (SSSR count). The highest BCUT2D eigenvalue weighted by atomic mass is 79.9. The molecular weight excluding hydrogens is 470 g/mol. The average Bonchev–Trinajstić information content (AvgIpc) is 3.06. The summed E-state index contributed by atoms with van der Waals surface area (Å²) < 4.78 is 7.57. The van der Waals surface area contributed by atoms with Crippen molar-refractivity contribution in [1.29, 1.82) is 0 Å². The van der Waals surface area contributed by atoms with Gasteiger partial charge in [-0.05, 0) is 55.0 Å². The van der Waals surface area contributed by atoms with E-state index in [0.29, 0.717) is 11.1 Å². The standard InChI is InChI=1S/C17H13Br2N3O2S/c1-10-8-13(6-7-14(10)19)20-15(23)9-25-17-22-21-16(24-17)11-2-4-12(18)5-3-11/h2-8H,9H2,1H3,(H,20,23). The van der Waals surface area contributed by atoms with E-state index in [1.807, 2.05) is 49.4 Å². The Balaban J connectivity index is 1.57. The molecule has 25 heavy (non-hydrogen) atoms. The summed E-state index contributed by atoms with van der Waals surface area (Å²) in [6, 6.07) is 13.2. The predicted molar refractivity (Wildman–Crippen MR) is 106 cm³/mol. The molecule has 0 fully saturated rings. The second kappa shape index (κ2) is 8.16. The van der Waals surface area contributed by atoms with Gasteiger partial charge in [-0.25, -0.2) is 0 Å². The fraction of sp³-hybridized carbons (Fsp3) is 0.118. The van der Waals surface area contributed by atoms with Gasteiger partial charge < -0.3 is 9.73 Å². The molecule has 0 aliphatic heterocycles. The zero-order valence-corrected chi connectivity index (χ0v) is 17.1. The van der Waals surface area contributed by atoms with E-state index in [-0.39, 0.29) is 11.7 Å². The van der Waals surface area contributed by atoms with Gasteiger partial charge >= 0.3 is 0 Å². The number of amides is 1. The molecule has 0 radical (unpaired) electrons. The van der Waals surface area contributed by atoms with Crippen molar-refractivity contribution < 1.29 is 9.21 Å². The lowest BCUT2D eigenvalue weighted by molar-refractivity contribution is -0.113. The van der Waals surface area contributed by atoms with Gasteiger partial charge in [0.15, 0.2) is 0 Å². The van der Waals surface area contributed by atoms with Gasteiger partial charge in [-0.2, -0.15) is 0 Å². The van der Waals surface area contributed by atoms with E-state index in [4.69, 9.17) is 4.42 Å². The Morgan fingerprint density at radius 3 is 2.64 bits per heavy atom. The first kappa shape index (κ1) is 18.2. The molecule has 1 N–H and O–H groups in total. The van der Waals surface area contributed by atoms with Gasteiger partial charge in [0.05, 0.1) is 5.75 Å². The summed E-state index contributed by atoms with van der Waals surface area (Å²) in [6.45, 7) is 1.97. The SMILES string of the molecule is Cc1cc(NC(=O)CSc2nnc(-c3ccc(Br)cc3)o2)ccc1Br. The van der Waals surface area contributed by atoms with E-state index >= 15 is 0 Å². The van der Waals surface area contributed by atoms with Crippen LogP contribution in [-0.2, 0) is 4.79 Å². The molecule has 3 aromatic rings. The Morgan fingerprint density at radius 1 is 1.16 bits per heavy atom. The van der Waals surface area contributed by atoms with Crippen molar-refractivity contribution in [3.05, 3.63) is 57.0 Å². The van der Waals surface area contributed by atoms with E-state index in [9.17, 15) is 4.79 Å². The smallest absolute Gasteiger partial charge is 0.277 e. The van der Waals surface area contributed by atoms with Crippen molar-refractivity contribution >= 4 is 55.2 Å². The number of hydrogen-bond acceptors (Lipinski definition) is 5. The number of aromatic nitrogens is 2. The number of nitrogens with one attached hydrogen (secondary N) is 1. The Kier molecular flexibility index (Phi) is 5.93. The van der Waals surface area contributed by atoms with Crippen molar-refractivity contribution in [2.75, 3.05) is 11.1 Å². The van der Waals surface area contributed by atoms with Crippen LogP contribution in [0.25, 0.3) is 11.5 Å². The number of carbonyl (C=O) groups excluding carboxylic acids is 1. The predicted octanol–water partition coefficient (Wildman–Crippen LogP) is 5.30. The van der Waals surface area contributed by atoms with Gasteiger partial charge in [-0.1, -0.05) is 43.6 Å². The second-order valence-electron chi connectivity index (χ2n) is 5.18. The topological polar surface area (TPSA) is 68.0 Å². The van der Waals surface area contributed by atoms with Crippen LogP contribution in [-0.4, -0.2) is 21.9 Å². The Morgan fingerprint density at radius 2 is 1.92 bits per heavy atom. The molecule has 0 aliphatic rings. The first-order chi connectivity index (χ1) is 12.0. The highest BCUT2D eigenvalue weighted by Gasteiger charge is 2.11. The lowest BCUT2D eigenvalue weighted by Gasteiger charge is -2.06. The van der Waals surface area contributed by atoms with Crippen molar-refractivity contribution in [3.63, 3.8) is 0 Å². The number of aryl methyl sites for hydroxylation is 1. The molecule has 8 heteroatoms. The molecule has 1 amide bonds. The number of rotatable bonds is 5. The zero-order chi connectivity index (χ0) is 17.8. The molecule has 0 bridgehead atoms. The number of benzene rings is 2. The van der Waals surface area contributed by atoms with Crippen molar-refractivity contribution in [3.8, 4) is 11.5 Å². The van der Waals surface area contributed by atoms with Crippen molar-refractivity contribution in [2.24, 2.45) is 0 Å². The van der Waals surface area contributed by atoms with Crippen molar-refractivity contribution in [1.82, 2.24) is 10.2 Å². The largest absolute Gasteiger partial charge is 0.411 e. The molecule has 2 aromatic carbocycles. The Labute approximate surface area is 165 Å². The summed E-state index contributed by atoms with van der Waals surface area (Å²) >= 11 is 8.02. The normalized spacial score (nSPS) is 10.7.